The Morgan fingerprint density at radius 1 is 1.35 bits per heavy atom. The zero-order valence-electron chi connectivity index (χ0n) is 12.9. The standard InChI is InChI=1S/C16H16N4O2S/c1-16(2)7-11-10(8-22-16)12-14(21)19-13(20(17)15(12)23-11)9-3-5-18-6-4-9/h3-6H,7-8,17H2,1-2H3. The summed E-state index contributed by atoms with van der Waals surface area (Å²) in [6.45, 7) is 4.53. The predicted octanol–water partition coefficient (Wildman–Crippen LogP) is 2.09. The number of thiophene rings is 1. The maximum atomic E-state index is 12.6. The van der Waals surface area contributed by atoms with Crippen LogP contribution in [0.25, 0.3) is 21.6 Å². The van der Waals surface area contributed by atoms with E-state index in [1.807, 2.05) is 0 Å². The van der Waals surface area contributed by atoms with Crippen LogP contribution in [0, 0.1) is 0 Å². The SMILES string of the molecule is CC1(C)Cc2sc3c(c2CO1)c(=O)nc(-c1ccncc1)n3N. The first kappa shape index (κ1) is 14.3. The number of pyridine rings is 1. The molecule has 7 heteroatoms. The second kappa shape index (κ2) is 4.87. The van der Waals surface area contributed by atoms with Crippen molar-refractivity contribution in [1.29, 1.82) is 0 Å². The highest BCUT2D eigenvalue weighted by molar-refractivity contribution is 7.18. The number of hydrogen-bond donors (Lipinski definition) is 1. The van der Waals surface area contributed by atoms with Crippen LogP contribution in [0.1, 0.15) is 24.3 Å². The monoisotopic (exact) mass is 328 g/mol. The van der Waals surface area contributed by atoms with E-state index in [1.54, 1.807) is 35.9 Å². The van der Waals surface area contributed by atoms with Gasteiger partial charge >= 0.3 is 0 Å². The Morgan fingerprint density at radius 3 is 2.83 bits per heavy atom. The van der Waals surface area contributed by atoms with Crippen LogP contribution < -0.4 is 11.4 Å². The van der Waals surface area contributed by atoms with Gasteiger partial charge in [-0.15, -0.1) is 11.3 Å². The molecule has 0 saturated heterocycles. The molecule has 0 saturated carbocycles. The number of nitrogens with two attached hydrogens (primary N) is 1. The Kier molecular flexibility index (Phi) is 3.04. The van der Waals surface area contributed by atoms with Crippen LogP contribution in [0.3, 0.4) is 0 Å². The van der Waals surface area contributed by atoms with E-state index in [2.05, 4.69) is 23.8 Å². The Balaban J connectivity index is 1.99. The van der Waals surface area contributed by atoms with Gasteiger partial charge in [-0.3, -0.25) is 9.78 Å². The van der Waals surface area contributed by atoms with Crippen molar-refractivity contribution < 1.29 is 4.74 Å². The lowest BCUT2D eigenvalue weighted by Gasteiger charge is -2.29. The molecule has 0 amide bonds. The fraction of sp³-hybridized carbons (Fsp3) is 0.312. The third-order valence-electron chi connectivity index (χ3n) is 4.07. The van der Waals surface area contributed by atoms with Crippen molar-refractivity contribution in [2.24, 2.45) is 0 Å². The summed E-state index contributed by atoms with van der Waals surface area (Å²) in [6.07, 6.45) is 4.08. The van der Waals surface area contributed by atoms with Crippen LogP contribution in [0.2, 0.25) is 0 Å². The molecule has 3 aromatic heterocycles. The molecule has 0 unspecified atom stereocenters. The summed E-state index contributed by atoms with van der Waals surface area (Å²) in [5.41, 5.74) is 1.22. The summed E-state index contributed by atoms with van der Waals surface area (Å²) in [4.78, 5) is 22.6. The summed E-state index contributed by atoms with van der Waals surface area (Å²) in [5, 5.41) is 0.584. The van der Waals surface area contributed by atoms with Crippen molar-refractivity contribution in [2.75, 3.05) is 5.84 Å². The van der Waals surface area contributed by atoms with E-state index in [0.717, 1.165) is 27.3 Å². The maximum absolute atomic E-state index is 12.6. The largest absolute Gasteiger partial charge is 0.370 e. The minimum Gasteiger partial charge on any atom is -0.370 e. The van der Waals surface area contributed by atoms with Crippen LogP contribution in [-0.4, -0.2) is 20.2 Å². The molecule has 6 nitrogen and oxygen atoms in total. The molecule has 0 bridgehead atoms. The van der Waals surface area contributed by atoms with Gasteiger partial charge in [0.1, 0.15) is 4.83 Å². The first-order valence-corrected chi connectivity index (χ1v) is 8.15. The van der Waals surface area contributed by atoms with Gasteiger partial charge in [-0.2, -0.15) is 4.98 Å². The summed E-state index contributed by atoms with van der Waals surface area (Å²) in [6, 6.07) is 3.58. The summed E-state index contributed by atoms with van der Waals surface area (Å²) >= 11 is 1.55. The first-order chi connectivity index (χ1) is 11.0. The average Bonchev–Trinajstić information content (AvgIpc) is 2.89. The van der Waals surface area contributed by atoms with Crippen LogP contribution in [0.5, 0.6) is 0 Å². The number of ether oxygens (including phenoxy) is 1. The van der Waals surface area contributed by atoms with Crippen LogP contribution in [0.15, 0.2) is 29.3 Å². The third-order valence-corrected chi connectivity index (χ3v) is 5.30. The summed E-state index contributed by atoms with van der Waals surface area (Å²) in [5.74, 6) is 6.71. The van der Waals surface area contributed by atoms with Crippen molar-refractivity contribution in [1.82, 2.24) is 14.6 Å². The first-order valence-electron chi connectivity index (χ1n) is 7.33. The van der Waals surface area contributed by atoms with E-state index in [9.17, 15) is 4.79 Å². The van der Waals surface area contributed by atoms with Crippen molar-refractivity contribution >= 4 is 21.6 Å². The third kappa shape index (κ3) is 2.24. The lowest BCUT2D eigenvalue weighted by Crippen LogP contribution is -2.31. The van der Waals surface area contributed by atoms with E-state index in [0.29, 0.717) is 17.8 Å². The molecule has 0 fully saturated rings. The molecular formula is C16H16N4O2S. The second-order valence-electron chi connectivity index (χ2n) is 6.26. The quantitative estimate of drug-likeness (QED) is 0.692. The van der Waals surface area contributed by atoms with Crippen molar-refractivity contribution in [3.05, 3.63) is 45.3 Å². The smallest absolute Gasteiger partial charge is 0.282 e. The van der Waals surface area contributed by atoms with E-state index < -0.39 is 0 Å². The number of hydrogen-bond acceptors (Lipinski definition) is 6. The molecule has 2 N–H and O–H groups in total. The number of aromatic nitrogens is 3. The molecule has 23 heavy (non-hydrogen) atoms. The van der Waals surface area contributed by atoms with E-state index in [1.165, 1.54) is 4.68 Å². The zero-order chi connectivity index (χ0) is 16.2. The fourth-order valence-electron chi connectivity index (χ4n) is 2.90. The van der Waals surface area contributed by atoms with Gasteiger partial charge in [-0.1, -0.05) is 0 Å². The molecule has 1 aliphatic rings. The van der Waals surface area contributed by atoms with Crippen LogP contribution in [0.4, 0.5) is 0 Å². The van der Waals surface area contributed by atoms with Gasteiger partial charge in [0.05, 0.1) is 17.6 Å². The molecule has 4 heterocycles. The molecule has 0 atom stereocenters. The zero-order valence-corrected chi connectivity index (χ0v) is 13.7. The molecule has 0 aliphatic carbocycles. The maximum Gasteiger partial charge on any atom is 0.282 e. The number of nitrogen functional groups attached to an aromatic ring is 1. The van der Waals surface area contributed by atoms with Gasteiger partial charge in [-0.25, -0.2) is 4.68 Å². The second-order valence-corrected chi connectivity index (χ2v) is 7.34. The average molecular weight is 328 g/mol. The Morgan fingerprint density at radius 2 is 2.09 bits per heavy atom. The molecule has 0 radical (unpaired) electrons. The topological polar surface area (TPSA) is 83.0 Å². The highest BCUT2D eigenvalue weighted by atomic mass is 32.1. The molecule has 118 valence electrons. The number of fused-ring (bicyclic) bond motifs is 3. The summed E-state index contributed by atoms with van der Waals surface area (Å²) in [7, 11) is 0. The van der Waals surface area contributed by atoms with Gasteiger partial charge in [-0.05, 0) is 26.0 Å². The van der Waals surface area contributed by atoms with E-state index in [4.69, 9.17) is 10.6 Å². The predicted molar refractivity (Wildman–Crippen MR) is 89.8 cm³/mol. The lowest BCUT2D eigenvalue weighted by molar-refractivity contribution is -0.0382. The number of rotatable bonds is 1. The molecule has 3 aromatic rings. The van der Waals surface area contributed by atoms with Gasteiger partial charge in [0.2, 0.25) is 0 Å². The van der Waals surface area contributed by atoms with Crippen molar-refractivity contribution in [3.8, 4) is 11.4 Å². The fourth-order valence-corrected chi connectivity index (χ4v) is 4.33. The molecule has 1 aliphatic heterocycles. The van der Waals surface area contributed by atoms with Crippen LogP contribution >= 0.6 is 11.3 Å². The summed E-state index contributed by atoms with van der Waals surface area (Å²) < 4.78 is 7.35. The minimum atomic E-state index is -0.255. The highest BCUT2D eigenvalue weighted by Crippen LogP contribution is 2.37. The number of nitrogens with zero attached hydrogens (tertiary/aromatic N) is 3. The van der Waals surface area contributed by atoms with Crippen molar-refractivity contribution in [2.45, 2.75) is 32.5 Å². The van der Waals surface area contributed by atoms with Crippen molar-refractivity contribution in [3.63, 3.8) is 0 Å². The molecule has 0 spiro atoms. The highest BCUT2D eigenvalue weighted by Gasteiger charge is 2.31. The molecular weight excluding hydrogens is 312 g/mol. The Labute approximate surface area is 136 Å². The lowest BCUT2D eigenvalue weighted by atomic mass is 9.98. The van der Waals surface area contributed by atoms with Gasteiger partial charge in [0.15, 0.2) is 5.82 Å². The molecule has 4 rings (SSSR count). The van der Waals surface area contributed by atoms with Gasteiger partial charge in [0, 0.05) is 34.8 Å². The van der Waals surface area contributed by atoms with E-state index in [-0.39, 0.29) is 11.2 Å². The Bertz CT molecular complexity index is 960. The Hall–Kier alpha value is -2.25. The van der Waals surface area contributed by atoms with Gasteiger partial charge < -0.3 is 10.6 Å². The van der Waals surface area contributed by atoms with Gasteiger partial charge in [0.25, 0.3) is 5.56 Å². The molecule has 0 aromatic carbocycles. The van der Waals surface area contributed by atoms with E-state index >= 15 is 0 Å². The normalized spacial score (nSPS) is 16.4. The van der Waals surface area contributed by atoms with Crippen LogP contribution in [-0.2, 0) is 17.8 Å². The minimum absolute atomic E-state index is 0.224.